The summed E-state index contributed by atoms with van der Waals surface area (Å²) >= 11 is 3.28. The Labute approximate surface area is 176 Å². The highest BCUT2D eigenvalue weighted by molar-refractivity contribution is 9.10. The molecular formula is C19H18BrN3O5S. The summed E-state index contributed by atoms with van der Waals surface area (Å²) in [5.74, 6) is -0.266. The third-order valence-corrected chi connectivity index (χ3v) is 6.94. The SMILES string of the molecule is O=C(C=Cc1cccc([N+](=O)[O-])c1)N1CCN(S(=O)(=O)c2ccc(Br)cc2)CC1. The van der Waals surface area contributed by atoms with Crippen LogP contribution in [0.1, 0.15) is 5.56 Å². The topological polar surface area (TPSA) is 101 Å². The Morgan fingerprint density at radius 3 is 2.34 bits per heavy atom. The summed E-state index contributed by atoms with van der Waals surface area (Å²) in [7, 11) is -3.60. The number of non-ortho nitro benzene ring substituents is 1. The molecule has 3 rings (SSSR count). The van der Waals surface area contributed by atoms with Crippen LogP contribution >= 0.6 is 15.9 Å². The van der Waals surface area contributed by atoms with Crippen LogP contribution in [0.15, 0.2) is 64.0 Å². The van der Waals surface area contributed by atoms with Crippen LogP contribution in [-0.2, 0) is 14.8 Å². The molecule has 0 bridgehead atoms. The van der Waals surface area contributed by atoms with Gasteiger partial charge in [-0.1, -0.05) is 28.1 Å². The number of hydrogen-bond acceptors (Lipinski definition) is 5. The number of hydrogen-bond donors (Lipinski definition) is 0. The van der Waals surface area contributed by atoms with E-state index in [0.29, 0.717) is 5.56 Å². The molecule has 2 aromatic carbocycles. The maximum atomic E-state index is 12.7. The second-order valence-electron chi connectivity index (χ2n) is 6.37. The van der Waals surface area contributed by atoms with Gasteiger partial charge in [-0.25, -0.2) is 8.42 Å². The zero-order valence-corrected chi connectivity index (χ0v) is 17.7. The summed E-state index contributed by atoms with van der Waals surface area (Å²) in [6.45, 7) is 0.950. The molecule has 8 nitrogen and oxygen atoms in total. The normalized spacial score (nSPS) is 15.6. The van der Waals surface area contributed by atoms with Crippen molar-refractivity contribution in [3.8, 4) is 0 Å². The second kappa shape index (κ2) is 8.85. The van der Waals surface area contributed by atoms with Gasteiger partial charge in [0, 0.05) is 48.9 Å². The predicted octanol–water partition coefficient (Wildman–Crippen LogP) is 2.90. The smallest absolute Gasteiger partial charge is 0.270 e. The van der Waals surface area contributed by atoms with Gasteiger partial charge in [0.05, 0.1) is 9.82 Å². The third kappa shape index (κ3) is 5.08. The quantitative estimate of drug-likeness (QED) is 0.372. The van der Waals surface area contributed by atoms with Crippen LogP contribution in [0, 0.1) is 10.1 Å². The van der Waals surface area contributed by atoms with Gasteiger partial charge in [0.25, 0.3) is 5.69 Å². The molecule has 0 aromatic heterocycles. The summed E-state index contributed by atoms with van der Waals surface area (Å²) < 4.78 is 27.6. The molecular weight excluding hydrogens is 462 g/mol. The average molecular weight is 480 g/mol. The fourth-order valence-corrected chi connectivity index (χ4v) is 4.61. The first kappa shape index (κ1) is 21.2. The lowest BCUT2D eigenvalue weighted by Gasteiger charge is -2.33. The first-order valence-electron chi connectivity index (χ1n) is 8.74. The molecule has 0 N–H and O–H groups in total. The summed E-state index contributed by atoms with van der Waals surface area (Å²) in [6.07, 6.45) is 2.86. The van der Waals surface area contributed by atoms with E-state index in [2.05, 4.69) is 15.9 Å². The van der Waals surface area contributed by atoms with E-state index in [1.807, 2.05) is 0 Å². The number of nitrogens with zero attached hydrogens (tertiary/aromatic N) is 3. The molecule has 1 fully saturated rings. The lowest BCUT2D eigenvalue weighted by atomic mass is 10.2. The van der Waals surface area contributed by atoms with Crippen LogP contribution in [-0.4, -0.2) is 54.6 Å². The minimum atomic E-state index is -3.60. The van der Waals surface area contributed by atoms with Gasteiger partial charge < -0.3 is 4.90 Å². The molecule has 10 heteroatoms. The minimum Gasteiger partial charge on any atom is -0.337 e. The van der Waals surface area contributed by atoms with E-state index in [4.69, 9.17) is 0 Å². The van der Waals surface area contributed by atoms with Crippen LogP contribution in [0.5, 0.6) is 0 Å². The number of nitro benzene ring substituents is 1. The number of benzene rings is 2. The van der Waals surface area contributed by atoms with Gasteiger partial charge in [0.2, 0.25) is 15.9 Å². The van der Waals surface area contributed by atoms with Crippen molar-refractivity contribution in [2.24, 2.45) is 0 Å². The number of amides is 1. The van der Waals surface area contributed by atoms with Gasteiger partial charge in [-0.2, -0.15) is 4.31 Å². The Kier molecular flexibility index (Phi) is 6.46. The molecule has 0 atom stereocenters. The van der Waals surface area contributed by atoms with Crippen LogP contribution in [0.3, 0.4) is 0 Å². The zero-order chi connectivity index (χ0) is 21.0. The number of carbonyl (C=O) groups excluding carboxylic acids is 1. The summed E-state index contributed by atoms with van der Waals surface area (Å²) in [5.41, 5.74) is 0.496. The van der Waals surface area contributed by atoms with Crippen molar-refractivity contribution in [3.05, 3.63) is 74.8 Å². The summed E-state index contributed by atoms with van der Waals surface area (Å²) in [6, 6.07) is 12.4. The Hall–Kier alpha value is -2.56. The van der Waals surface area contributed by atoms with E-state index in [9.17, 15) is 23.3 Å². The van der Waals surface area contributed by atoms with Crippen molar-refractivity contribution in [1.82, 2.24) is 9.21 Å². The molecule has 0 radical (unpaired) electrons. The molecule has 1 aliphatic rings. The molecule has 0 aliphatic carbocycles. The zero-order valence-electron chi connectivity index (χ0n) is 15.3. The van der Waals surface area contributed by atoms with E-state index in [0.717, 1.165) is 4.47 Å². The van der Waals surface area contributed by atoms with Crippen molar-refractivity contribution in [2.45, 2.75) is 4.90 Å². The van der Waals surface area contributed by atoms with E-state index in [1.54, 1.807) is 41.3 Å². The number of nitro groups is 1. The first-order valence-corrected chi connectivity index (χ1v) is 11.0. The molecule has 1 saturated heterocycles. The Balaban J connectivity index is 1.61. The Bertz CT molecular complexity index is 1050. The van der Waals surface area contributed by atoms with Gasteiger partial charge in [0.15, 0.2) is 0 Å². The number of halogens is 1. The Morgan fingerprint density at radius 1 is 1.07 bits per heavy atom. The predicted molar refractivity (Wildman–Crippen MR) is 112 cm³/mol. The lowest BCUT2D eigenvalue weighted by molar-refractivity contribution is -0.384. The van der Waals surface area contributed by atoms with E-state index < -0.39 is 14.9 Å². The van der Waals surface area contributed by atoms with Crippen molar-refractivity contribution in [3.63, 3.8) is 0 Å². The minimum absolute atomic E-state index is 0.0497. The molecule has 1 aliphatic heterocycles. The first-order chi connectivity index (χ1) is 13.8. The van der Waals surface area contributed by atoms with Crippen LogP contribution < -0.4 is 0 Å². The van der Waals surface area contributed by atoms with E-state index in [1.165, 1.54) is 28.6 Å². The van der Waals surface area contributed by atoms with Gasteiger partial charge in [-0.3, -0.25) is 14.9 Å². The van der Waals surface area contributed by atoms with Crippen LogP contribution in [0.4, 0.5) is 5.69 Å². The van der Waals surface area contributed by atoms with Crippen LogP contribution in [0.25, 0.3) is 6.08 Å². The maximum absolute atomic E-state index is 12.7. The fraction of sp³-hybridized carbons (Fsp3) is 0.211. The molecule has 29 heavy (non-hydrogen) atoms. The molecule has 1 amide bonds. The highest BCUT2D eigenvalue weighted by Gasteiger charge is 2.29. The highest BCUT2D eigenvalue weighted by Crippen LogP contribution is 2.20. The number of piperazine rings is 1. The molecule has 0 saturated carbocycles. The van der Waals surface area contributed by atoms with Gasteiger partial charge in [-0.05, 0) is 35.9 Å². The maximum Gasteiger partial charge on any atom is 0.270 e. The highest BCUT2D eigenvalue weighted by atomic mass is 79.9. The number of sulfonamides is 1. The van der Waals surface area contributed by atoms with E-state index in [-0.39, 0.29) is 42.7 Å². The van der Waals surface area contributed by atoms with Gasteiger partial charge in [-0.15, -0.1) is 0 Å². The number of rotatable bonds is 5. The Morgan fingerprint density at radius 2 is 1.72 bits per heavy atom. The summed E-state index contributed by atoms with van der Waals surface area (Å²) in [5, 5.41) is 10.8. The molecule has 1 heterocycles. The average Bonchev–Trinajstić information content (AvgIpc) is 2.72. The van der Waals surface area contributed by atoms with Crippen molar-refractivity contribution < 1.29 is 18.1 Å². The largest absolute Gasteiger partial charge is 0.337 e. The molecule has 152 valence electrons. The van der Waals surface area contributed by atoms with Crippen LogP contribution in [0.2, 0.25) is 0 Å². The summed E-state index contributed by atoms with van der Waals surface area (Å²) in [4.78, 5) is 24.5. The molecule has 2 aromatic rings. The van der Waals surface area contributed by atoms with Gasteiger partial charge in [0.1, 0.15) is 0 Å². The second-order valence-corrected chi connectivity index (χ2v) is 9.22. The van der Waals surface area contributed by atoms with Crippen molar-refractivity contribution in [1.29, 1.82) is 0 Å². The lowest BCUT2D eigenvalue weighted by Crippen LogP contribution is -2.50. The van der Waals surface area contributed by atoms with Gasteiger partial charge >= 0.3 is 0 Å². The van der Waals surface area contributed by atoms with E-state index >= 15 is 0 Å². The fourth-order valence-electron chi connectivity index (χ4n) is 2.92. The standard InChI is InChI=1S/C19H18BrN3O5S/c20-16-5-7-18(8-6-16)29(27,28)22-12-10-21(11-13-22)19(24)9-4-15-2-1-3-17(14-15)23(25)26/h1-9,14H,10-13H2. The third-order valence-electron chi connectivity index (χ3n) is 4.50. The van der Waals surface area contributed by atoms with Crippen molar-refractivity contribution >= 4 is 43.6 Å². The molecule has 0 spiro atoms. The van der Waals surface area contributed by atoms with Crippen molar-refractivity contribution in [2.75, 3.05) is 26.2 Å². The molecule has 0 unspecified atom stereocenters. The monoisotopic (exact) mass is 479 g/mol. The number of carbonyl (C=O) groups is 1.